The molecule has 0 bridgehead atoms. The van der Waals surface area contributed by atoms with Gasteiger partial charge < -0.3 is 14.8 Å². The molecule has 0 spiro atoms. The summed E-state index contributed by atoms with van der Waals surface area (Å²) in [7, 11) is 1.68. The van der Waals surface area contributed by atoms with Crippen LogP contribution in [0, 0.1) is 0 Å². The first-order valence-electron chi connectivity index (χ1n) is 4.65. The first kappa shape index (κ1) is 10.0. The minimum Gasteiger partial charge on any atom is -0.378 e. The molecule has 1 N–H and O–H groups in total. The molecule has 0 aromatic carbocycles. The van der Waals surface area contributed by atoms with E-state index in [-0.39, 0.29) is 6.10 Å². The fraction of sp³-hybridized carbons (Fsp3) is 0.667. The lowest BCUT2D eigenvalue weighted by Gasteiger charge is -2.21. The lowest BCUT2D eigenvalue weighted by Crippen LogP contribution is -2.33. The van der Waals surface area contributed by atoms with E-state index in [0.29, 0.717) is 6.61 Å². The molecule has 78 valence electrons. The Labute approximate surface area is 87.3 Å². The van der Waals surface area contributed by atoms with Crippen molar-refractivity contribution in [2.45, 2.75) is 12.7 Å². The van der Waals surface area contributed by atoms with Gasteiger partial charge in [-0.2, -0.15) is 0 Å². The first-order valence-corrected chi connectivity index (χ1v) is 5.53. The van der Waals surface area contributed by atoms with Crippen LogP contribution in [-0.4, -0.2) is 31.8 Å². The second kappa shape index (κ2) is 4.84. The fourth-order valence-electron chi connectivity index (χ4n) is 1.42. The standard InChI is InChI=1S/C9H14N2O2S/c1-12-5-9-11-7(6-14-9)8-4-10-2-3-13-8/h6,8,10H,2-5H2,1H3. The zero-order valence-electron chi connectivity index (χ0n) is 8.16. The fourth-order valence-corrected chi connectivity index (χ4v) is 2.22. The van der Waals surface area contributed by atoms with Gasteiger partial charge >= 0.3 is 0 Å². The number of rotatable bonds is 3. The monoisotopic (exact) mass is 214 g/mol. The normalized spacial score (nSPS) is 22.5. The third-order valence-electron chi connectivity index (χ3n) is 2.09. The Hall–Kier alpha value is -0.490. The summed E-state index contributed by atoms with van der Waals surface area (Å²) in [6.07, 6.45) is 0.116. The molecule has 1 aromatic heterocycles. The molecule has 1 aliphatic rings. The molecule has 0 amide bonds. The Morgan fingerprint density at radius 1 is 1.79 bits per heavy atom. The van der Waals surface area contributed by atoms with Gasteiger partial charge in [-0.25, -0.2) is 4.98 Å². The van der Waals surface area contributed by atoms with Crippen LogP contribution in [0.2, 0.25) is 0 Å². The molecule has 5 heteroatoms. The number of aromatic nitrogens is 1. The van der Waals surface area contributed by atoms with Crippen molar-refractivity contribution in [3.05, 3.63) is 16.1 Å². The van der Waals surface area contributed by atoms with Crippen molar-refractivity contribution >= 4 is 11.3 Å². The number of ether oxygens (including phenoxy) is 2. The second-order valence-electron chi connectivity index (χ2n) is 3.16. The lowest BCUT2D eigenvalue weighted by molar-refractivity contribution is 0.0252. The Bertz CT molecular complexity index is 284. The Kier molecular flexibility index (Phi) is 3.47. The van der Waals surface area contributed by atoms with Crippen molar-refractivity contribution in [2.24, 2.45) is 0 Å². The molecule has 1 unspecified atom stereocenters. The van der Waals surface area contributed by atoms with E-state index in [0.717, 1.165) is 30.4 Å². The van der Waals surface area contributed by atoms with Crippen molar-refractivity contribution in [1.29, 1.82) is 0 Å². The maximum atomic E-state index is 5.60. The van der Waals surface area contributed by atoms with Crippen molar-refractivity contribution < 1.29 is 9.47 Å². The van der Waals surface area contributed by atoms with Crippen molar-refractivity contribution in [3.8, 4) is 0 Å². The molecule has 1 fully saturated rings. The minimum absolute atomic E-state index is 0.116. The van der Waals surface area contributed by atoms with E-state index in [1.54, 1.807) is 18.4 Å². The number of hydrogen-bond donors (Lipinski definition) is 1. The molecule has 1 saturated heterocycles. The molecule has 0 radical (unpaired) electrons. The van der Waals surface area contributed by atoms with Gasteiger partial charge in [0.05, 0.1) is 18.9 Å². The SMILES string of the molecule is COCc1nc(C2CNCCO2)cs1. The molecule has 0 aliphatic carbocycles. The van der Waals surface area contributed by atoms with Crippen LogP contribution >= 0.6 is 11.3 Å². The number of nitrogens with one attached hydrogen (secondary N) is 1. The molecule has 1 aromatic rings. The van der Waals surface area contributed by atoms with Crippen LogP contribution in [0.3, 0.4) is 0 Å². The maximum Gasteiger partial charge on any atom is 0.119 e. The second-order valence-corrected chi connectivity index (χ2v) is 4.11. The predicted molar refractivity (Wildman–Crippen MR) is 54.4 cm³/mol. The van der Waals surface area contributed by atoms with Gasteiger partial charge in [0.1, 0.15) is 11.1 Å². The molecule has 0 saturated carbocycles. The largest absolute Gasteiger partial charge is 0.378 e. The van der Waals surface area contributed by atoms with Crippen LogP contribution in [0.5, 0.6) is 0 Å². The zero-order chi connectivity index (χ0) is 9.80. The highest BCUT2D eigenvalue weighted by molar-refractivity contribution is 7.09. The quantitative estimate of drug-likeness (QED) is 0.813. The predicted octanol–water partition coefficient (Wildman–Crippen LogP) is 0.950. The number of methoxy groups -OCH3 is 1. The zero-order valence-corrected chi connectivity index (χ0v) is 8.97. The van der Waals surface area contributed by atoms with Gasteiger partial charge in [0.2, 0.25) is 0 Å². The van der Waals surface area contributed by atoms with E-state index in [1.165, 1.54) is 0 Å². The van der Waals surface area contributed by atoms with Gasteiger partial charge in [0.15, 0.2) is 0 Å². The number of morpholine rings is 1. The van der Waals surface area contributed by atoms with Crippen molar-refractivity contribution in [1.82, 2.24) is 10.3 Å². The Morgan fingerprint density at radius 3 is 3.43 bits per heavy atom. The Morgan fingerprint density at radius 2 is 2.71 bits per heavy atom. The van der Waals surface area contributed by atoms with Crippen molar-refractivity contribution in [3.63, 3.8) is 0 Å². The molecular weight excluding hydrogens is 200 g/mol. The van der Waals surface area contributed by atoms with Gasteiger partial charge in [-0.15, -0.1) is 11.3 Å². The van der Waals surface area contributed by atoms with Crippen LogP contribution in [0.15, 0.2) is 5.38 Å². The molecule has 2 heterocycles. The van der Waals surface area contributed by atoms with Gasteiger partial charge in [0.25, 0.3) is 0 Å². The van der Waals surface area contributed by atoms with Crippen LogP contribution in [-0.2, 0) is 16.1 Å². The van der Waals surface area contributed by atoms with Crippen LogP contribution < -0.4 is 5.32 Å². The Balaban J connectivity index is 2.00. The average molecular weight is 214 g/mol. The van der Waals surface area contributed by atoms with Crippen LogP contribution in [0.25, 0.3) is 0 Å². The summed E-state index contributed by atoms with van der Waals surface area (Å²) < 4.78 is 10.6. The van der Waals surface area contributed by atoms with Crippen LogP contribution in [0.1, 0.15) is 16.8 Å². The highest BCUT2D eigenvalue weighted by atomic mass is 32.1. The van der Waals surface area contributed by atoms with E-state index >= 15 is 0 Å². The third-order valence-corrected chi connectivity index (χ3v) is 2.94. The summed E-state index contributed by atoms with van der Waals surface area (Å²) in [6, 6.07) is 0. The molecule has 4 nitrogen and oxygen atoms in total. The summed E-state index contributed by atoms with van der Waals surface area (Å²) in [6.45, 7) is 3.15. The smallest absolute Gasteiger partial charge is 0.119 e. The summed E-state index contributed by atoms with van der Waals surface area (Å²) in [5.74, 6) is 0. The third kappa shape index (κ3) is 2.30. The maximum absolute atomic E-state index is 5.60. The van der Waals surface area contributed by atoms with E-state index in [1.807, 2.05) is 5.38 Å². The van der Waals surface area contributed by atoms with Crippen molar-refractivity contribution in [2.75, 3.05) is 26.8 Å². The summed E-state index contributed by atoms with van der Waals surface area (Å²) in [4.78, 5) is 4.45. The van der Waals surface area contributed by atoms with Gasteiger partial charge in [-0.1, -0.05) is 0 Å². The lowest BCUT2D eigenvalue weighted by atomic mass is 10.2. The average Bonchev–Trinajstić information content (AvgIpc) is 2.68. The van der Waals surface area contributed by atoms with Crippen LogP contribution in [0.4, 0.5) is 0 Å². The van der Waals surface area contributed by atoms with Gasteiger partial charge in [-0.3, -0.25) is 0 Å². The van der Waals surface area contributed by atoms with E-state index < -0.39 is 0 Å². The van der Waals surface area contributed by atoms with E-state index in [9.17, 15) is 0 Å². The molecule has 1 aliphatic heterocycles. The van der Waals surface area contributed by atoms with Gasteiger partial charge in [0, 0.05) is 25.6 Å². The highest BCUT2D eigenvalue weighted by Gasteiger charge is 2.18. The molecule has 2 rings (SSSR count). The van der Waals surface area contributed by atoms with E-state index in [4.69, 9.17) is 9.47 Å². The van der Waals surface area contributed by atoms with E-state index in [2.05, 4.69) is 10.3 Å². The summed E-state index contributed by atoms with van der Waals surface area (Å²) >= 11 is 1.62. The minimum atomic E-state index is 0.116. The number of hydrogen-bond acceptors (Lipinski definition) is 5. The number of nitrogens with zero attached hydrogens (tertiary/aromatic N) is 1. The summed E-state index contributed by atoms with van der Waals surface area (Å²) in [5.41, 5.74) is 1.02. The highest BCUT2D eigenvalue weighted by Crippen LogP contribution is 2.21. The molecule has 1 atom stereocenters. The summed E-state index contributed by atoms with van der Waals surface area (Å²) in [5, 5.41) is 6.34. The molecule has 14 heavy (non-hydrogen) atoms. The molecular formula is C9H14N2O2S. The van der Waals surface area contributed by atoms with Gasteiger partial charge in [-0.05, 0) is 0 Å². The first-order chi connectivity index (χ1) is 6.90. The number of thiazole rings is 1. The topological polar surface area (TPSA) is 43.4 Å².